The Bertz CT molecular complexity index is 493. The summed E-state index contributed by atoms with van der Waals surface area (Å²) in [7, 11) is 0. The second-order valence-corrected chi connectivity index (χ2v) is 5.80. The fraction of sp³-hybridized carbons (Fsp3) is 0.400. The van der Waals surface area contributed by atoms with Crippen molar-refractivity contribution in [2.24, 2.45) is 5.92 Å². The third-order valence-electron chi connectivity index (χ3n) is 3.39. The maximum atomic E-state index is 13.1. The van der Waals surface area contributed by atoms with Crippen LogP contribution < -0.4 is 0 Å². The Labute approximate surface area is 115 Å². The van der Waals surface area contributed by atoms with E-state index in [1.807, 2.05) is 6.08 Å². The van der Waals surface area contributed by atoms with Crippen molar-refractivity contribution in [1.82, 2.24) is 0 Å². The predicted octanol–water partition coefficient (Wildman–Crippen LogP) is 4.45. The molecule has 0 amide bonds. The summed E-state index contributed by atoms with van der Waals surface area (Å²) in [6, 6.07) is 4.46. The largest absolute Gasteiger partial charge is 0.294 e. The van der Waals surface area contributed by atoms with Crippen molar-refractivity contribution in [2.45, 2.75) is 32.6 Å². The number of carbonyl (C=O) groups excluding carboxylic acids is 1. The SMILES string of the molecule is CC1CC=C(C(=O)Cc2cc(F)ccc2Br)CC1. The number of ketones is 1. The summed E-state index contributed by atoms with van der Waals surface area (Å²) < 4.78 is 13.9. The average molecular weight is 311 g/mol. The van der Waals surface area contributed by atoms with Gasteiger partial charge in [-0.25, -0.2) is 4.39 Å². The van der Waals surface area contributed by atoms with Crippen LogP contribution >= 0.6 is 15.9 Å². The molecule has 2 rings (SSSR count). The van der Waals surface area contributed by atoms with Crippen LogP contribution in [0.25, 0.3) is 0 Å². The topological polar surface area (TPSA) is 17.1 Å². The molecule has 1 aliphatic rings. The molecule has 0 aliphatic heterocycles. The van der Waals surface area contributed by atoms with Gasteiger partial charge in [0.25, 0.3) is 0 Å². The molecule has 1 aromatic rings. The molecule has 1 aliphatic carbocycles. The van der Waals surface area contributed by atoms with Crippen LogP contribution in [-0.2, 0) is 11.2 Å². The highest BCUT2D eigenvalue weighted by molar-refractivity contribution is 9.10. The van der Waals surface area contributed by atoms with Crippen LogP contribution in [0.15, 0.2) is 34.3 Å². The van der Waals surface area contributed by atoms with Crippen LogP contribution in [0.4, 0.5) is 4.39 Å². The molecule has 0 bridgehead atoms. The molecular weight excluding hydrogens is 295 g/mol. The van der Waals surface area contributed by atoms with Crippen molar-refractivity contribution in [3.63, 3.8) is 0 Å². The normalized spacial score (nSPS) is 19.5. The zero-order valence-electron chi connectivity index (χ0n) is 10.4. The second-order valence-electron chi connectivity index (χ2n) is 4.94. The number of halogens is 2. The minimum absolute atomic E-state index is 0.119. The van der Waals surface area contributed by atoms with Crippen molar-refractivity contribution in [1.29, 1.82) is 0 Å². The third-order valence-corrected chi connectivity index (χ3v) is 4.16. The van der Waals surface area contributed by atoms with E-state index in [1.165, 1.54) is 12.1 Å². The Morgan fingerprint density at radius 2 is 2.28 bits per heavy atom. The van der Waals surface area contributed by atoms with E-state index in [4.69, 9.17) is 0 Å². The lowest BCUT2D eigenvalue weighted by molar-refractivity contribution is -0.115. The Hall–Kier alpha value is -0.960. The van der Waals surface area contributed by atoms with Gasteiger partial charge >= 0.3 is 0 Å². The molecule has 0 heterocycles. The van der Waals surface area contributed by atoms with Gasteiger partial charge in [-0.15, -0.1) is 0 Å². The molecule has 0 radical (unpaired) electrons. The number of allylic oxidation sites excluding steroid dienone is 2. The maximum absolute atomic E-state index is 13.1. The molecule has 0 saturated carbocycles. The first-order chi connectivity index (χ1) is 8.56. The standard InChI is InChI=1S/C15H16BrFO/c1-10-2-4-11(5-3-10)15(18)9-12-8-13(17)6-7-14(12)16/h4,6-8,10H,2-3,5,9H2,1H3. The predicted molar refractivity (Wildman–Crippen MR) is 73.9 cm³/mol. The minimum atomic E-state index is -0.299. The van der Waals surface area contributed by atoms with E-state index in [2.05, 4.69) is 22.9 Å². The molecule has 0 saturated heterocycles. The number of carbonyl (C=O) groups is 1. The van der Waals surface area contributed by atoms with Crippen molar-refractivity contribution < 1.29 is 9.18 Å². The lowest BCUT2D eigenvalue weighted by atomic mass is 9.88. The smallest absolute Gasteiger partial charge is 0.162 e. The zero-order chi connectivity index (χ0) is 13.1. The molecule has 1 aromatic carbocycles. The molecule has 1 unspecified atom stereocenters. The van der Waals surface area contributed by atoms with Gasteiger partial charge in [0.05, 0.1) is 0 Å². The summed E-state index contributed by atoms with van der Waals surface area (Å²) in [6.45, 7) is 2.20. The van der Waals surface area contributed by atoms with Gasteiger partial charge in [-0.05, 0) is 54.5 Å². The van der Waals surface area contributed by atoms with Crippen LogP contribution in [0.2, 0.25) is 0 Å². The van der Waals surface area contributed by atoms with E-state index in [1.54, 1.807) is 6.07 Å². The van der Waals surface area contributed by atoms with E-state index in [-0.39, 0.29) is 18.0 Å². The third kappa shape index (κ3) is 3.29. The fourth-order valence-electron chi connectivity index (χ4n) is 2.18. The van der Waals surface area contributed by atoms with E-state index in [9.17, 15) is 9.18 Å². The van der Waals surface area contributed by atoms with Gasteiger partial charge in [0.1, 0.15) is 5.82 Å². The van der Waals surface area contributed by atoms with Gasteiger partial charge in [-0.2, -0.15) is 0 Å². The summed E-state index contributed by atoms with van der Waals surface area (Å²) in [6.07, 6.45) is 5.22. The van der Waals surface area contributed by atoms with Crippen LogP contribution in [0, 0.1) is 11.7 Å². The van der Waals surface area contributed by atoms with E-state index >= 15 is 0 Å². The van der Waals surface area contributed by atoms with Gasteiger partial charge in [0.15, 0.2) is 5.78 Å². The molecule has 0 fully saturated rings. The Morgan fingerprint density at radius 1 is 1.50 bits per heavy atom. The number of hydrogen-bond acceptors (Lipinski definition) is 1. The number of hydrogen-bond donors (Lipinski definition) is 0. The molecule has 0 aromatic heterocycles. The fourth-order valence-corrected chi connectivity index (χ4v) is 2.57. The summed E-state index contributed by atoms with van der Waals surface area (Å²) in [5.74, 6) is 0.489. The first-order valence-electron chi connectivity index (χ1n) is 6.22. The molecule has 96 valence electrons. The number of Topliss-reactive ketones (excluding diaryl/α,β-unsaturated/α-hetero) is 1. The summed E-state index contributed by atoms with van der Waals surface area (Å²) >= 11 is 3.35. The lowest BCUT2D eigenvalue weighted by Crippen LogP contribution is -2.12. The minimum Gasteiger partial charge on any atom is -0.294 e. The van der Waals surface area contributed by atoms with Gasteiger partial charge in [0.2, 0.25) is 0 Å². The van der Waals surface area contributed by atoms with Gasteiger partial charge in [0, 0.05) is 10.9 Å². The van der Waals surface area contributed by atoms with Crippen LogP contribution in [0.3, 0.4) is 0 Å². The molecule has 0 N–H and O–H groups in total. The van der Waals surface area contributed by atoms with Crippen LogP contribution in [0.1, 0.15) is 31.7 Å². The quantitative estimate of drug-likeness (QED) is 0.806. The molecule has 1 atom stereocenters. The second kappa shape index (κ2) is 5.79. The Kier molecular flexibility index (Phi) is 4.33. The molecule has 18 heavy (non-hydrogen) atoms. The van der Waals surface area contributed by atoms with Gasteiger partial charge in [-0.3, -0.25) is 4.79 Å². The highest BCUT2D eigenvalue weighted by atomic mass is 79.9. The average Bonchev–Trinajstić information content (AvgIpc) is 2.34. The van der Waals surface area contributed by atoms with Crippen molar-refractivity contribution >= 4 is 21.7 Å². The maximum Gasteiger partial charge on any atom is 0.162 e. The van der Waals surface area contributed by atoms with E-state index < -0.39 is 0 Å². The first-order valence-corrected chi connectivity index (χ1v) is 7.01. The highest BCUT2D eigenvalue weighted by Gasteiger charge is 2.17. The van der Waals surface area contributed by atoms with Crippen LogP contribution in [-0.4, -0.2) is 5.78 Å². The van der Waals surface area contributed by atoms with Crippen molar-refractivity contribution in [3.05, 3.63) is 45.7 Å². The van der Waals surface area contributed by atoms with Crippen molar-refractivity contribution in [2.75, 3.05) is 0 Å². The Morgan fingerprint density at radius 3 is 2.94 bits per heavy atom. The molecular formula is C15H16BrFO. The van der Waals surface area contributed by atoms with E-state index in [0.717, 1.165) is 34.9 Å². The molecule has 3 heteroatoms. The summed E-state index contributed by atoms with van der Waals surface area (Å²) in [5, 5.41) is 0. The first kappa shape index (κ1) is 13.5. The summed E-state index contributed by atoms with van der Waals surface area (Å²) in [5.41, 5.74) is 1.63. The lowest BCUT2D eigenvalue weighted by Gasteiger charge is -2.17. The zero-order valence-corrected chi connectivity index (χ0v) is 12.0. The molecule has 1 nitrogen and oxygen atoms in total. The van der Waals surface area contributed by atoms with Gasteiger partial charge in [-0.1, -0.05) is 28.9 Å². The number of rotatable bonds is 3. The van der Waals surface area contributed by atoms with Gasteiger partial charge < -0.3 is 0 Å². The molecule has 0 spiro atoms. The summed E-state index contributed by atoms with van der Waals surface area (Å²) in [4.78, 5) is 12.1. The highest BCUT2D eigenvalue weighted by Crippen LogP contribution is 2.26. The monoisotopic (exact) mass is 310 g/mol. The Balaban J connectivity index is 2.09. The van der Waals surface area contributed by atoms with Crippen LogP contribution in [0.5, 0.6) is 0 Å². The van der Waals surface area contributed by atoms with Crippen molar-refractivity contribution in [3.8, 4) is 0 Å². The number of benzene rings is 1. The van der Waals surface area contributed by atoms with E-state index in [0.29, 0.717) is 5.92 Å².